The maximum atomic E-state index is 12.2. The molecule has 23 heavy (non-hydrogen) atoms. The summed E-state index contributed by atoms with van der Waals surface area (Å²) in [5.74, 6) is 0.128. The van der Waals surface area contributed by atoms with Gasteiger partial charge in [-0.25, -0.2) is 0 Å². The van der Waals surface area contributed by atoms with Crippen molar-refractivity contribution < 1.29 is 9.53 Å². The molecule has 0 radical (unpaired) electrons. The van der Waals surface area contributed by atoms with E-state index in [-0.39, 0.29) is 36.8 Å². The number of amides is 1. The molecule has 7 heteroatoms. The number of rotatable bonds is 9. The van der Waals surface area contributed by atoms with E-state index in [1.54, 1.807) is 0 Å². The van der Waals surface area contributed by atoms with Crippen LogP contribution in [0.1, 0.15) is 12.0 Å². The summed E-state index contributed by atoms with van der Waals surface area (Å²) in [7, 11) is 0. The van der Waals surface area contributed by atoms with Crippen LogP contribution in [0.5, 0.6) is 0 Å². The highest BCUT2D eigenvalue weighted by molar-refractivity contribution is 5.85. The van der Waals surface area contributed by atoms with Gasteiger partial charge in [0, 0.05) is 32.7 Å². The minimum Gasteiger partial charge on any atom is -0.375 e. The molecular formula is C16H27Cl2N3O2. The predicted octanol–water partition coefficient (Wildman–Crippen LogP) is 1.24. The van der Waals surface area contributed by atoms with Gasteiger partial charge in [-0.3, -0.25) is 4.79 Å². The number of halogens is 2. The summed E-state index contributed by atoms with van der Waals surface area (Å²) in [6, 6.07) is 10.2. The molecule has 5 nitrogen and oxygen atoms in total. The largest absolute Gasteiger partial charge is 0.375 e. The fraction of sp³-hybridized carbons (Fsp3) is 0.562. The van der Waals surface area contributed by atoms with Crippen LogP contribution in [-0.2, 0) is 16.0 Å². The lowest BCUT2D eigenvalue weighted by molar-refractivity contribution is -0.133. The van der Waals surface area contributed by atoms with Crippen LogP contribution < -0.4 is 11.1 Å². The van der Waals surface area contributed by atoms with Crippen molar-refractivity contribution in [3.63, 3.8) is 0 Å². The summed E-state index contributed by atoms with van der Waals surface area (Å²) < 4.78 is 5.60. The summed E-state index contributed by atoms with van der Waals surface area (Å²) >= 11 is 0. The topological polar surface area (TPSA) is 67.6 Å². The molecule has 0 bridgehead atoms. The lowest BCUT2D eigenvalue weighted by Gasteiger charge is -2.28. The normalized spacial score (nSPS) is 13.4. The predicted molar refractivity (Wildman–Crippen MR) is 97.5 cm³/mol. The Kier molecular flexibility index (Phi) is 12.1. The van der Waals surface area contributed by atoms with Gasteiger partial charge in [0.25, 0.3) is 0 Å². The molecule has 0 spiro atoms. The van der Waals surface area contributed by atoms with E-state index in [1.807, 2.05) is 23.1 Å². The van der Waals surface area contributed by atoms with Crippen LogP contribution in [0, 0.1) is 0 Å². The summed E-state index contributed by atoms with van der Waals surface area (Å²) in [5, 5.41) is 3.14. The Hall–Kier alpha value is -0.850. The van der Waals surface area contributed by atoms with Crippen molar-refractivity contribution in [3.05, 3.63) is 35.9 Å². The fourth-order valence-corrected chi connectivity index (χ4v) is 2.28. The van der Waals surface area contributed by atoms with Crippen molar-refractivity contribution in [2.24, 2.45) is 5.73 Å². The third kappa shape index (κ3) is 7.99. The van der Waals surface area contributed by atoms with Gasteiger partial charge in [0.1, 0.15) is 0 Å². The van der Waals surface area contributed by atoms with E-state index in [1.165, 1.54) is 5.56 Å². The quantitative estimate of drug-likeness (QED) is 0.692. The minimum absolute atomic E-state index is 0. The van der Waals surface area contributed by atoms with Crippen LogP contribution >= 0.6 is 24.8 Å². The van der Waals surface area contributed by atoms with Crippen LogP contribution in [0.3, 0.4) is 0 Å². The van der Waals surface area contributed by atoms with Crippen LogP contribution in [0.15, 0.2) is 30.3 Å². The van der Waals surface area contributed by atoms with Crippen LogP contribution in [0.2, 0.25) is 0 Å². The molecule has 1 aromatic rings. The Morgan fingerprint density at radius 3 is 2.48 bits per heavy atom. The average Bonchev–Trinajstić information content (AvgIpc) is 2.47. The van der Waals surface area contributed by atoms with E-state index in [0.717, 1.165) is 19.5 Å². The smallest absolute Gasteiger partial charge is 0.224 e. The van der Waals surface area contributed by atoms with Gasteiger partial charge >= 0.3 is 0 Å². The third-order valence-corrected chi connectivity index (χ3v) is 3.68. The summed E-state index contributed by atoms with van der Waals surface area (Å²) in [5.41, 5.74) is 6.85. The highest BCUT2D eigenvalue weighted by Gasteiger charge is 2.18. The molecule has 0 aromatic heterocycles. The van der Waals surface area contributed by atoms with Crippen molar-refractivity contribution in [3.8, 4) is 0 Å². The molecule has 2 rings (SSSR count). The Labute approximate surface area is 150 Å². The number of nitrogens with one attached hydrogen (secondary N) is 1. The van der Waals surface area contributed by atoms with Gasteiger partial charge in [-0.15, -0.1) is 24.8 Å². The molecule has 1 saturated heterocycles. The maximum absolute atomic E-state index is 12.2. The van der Waals surface area contributed by atoms with Crippen molar-refractivity contribution >= 4 is 30.7 Å². The fourth-order valence-electron chi connectivity index (χ4n) is 2.28. The highest BCUT2D eigenvalue weighted by Crippen LogP contribution is 2.04. The molecule has 1 aliphatic rings. The number of carbonyl (C=O) groups is 1. The second-order valence-electron chi connectivity index (χ2n) is 5.31. The molecule has 0 aliphatic carbocycles. The lowest BCUT2D eigenvalue weighted by atomic mass is 10.1. The molecular weight excluding hydrogens is 337 g/mol. The van der Waals surface area contributed by atoms with Gasteiger partial charge in [0.15, 0.2) is 0 Å². The Balaban J connectivity index is 0.00000242. The molecule has 1 fully saturated rings. The van der Waals surface area contributed by atoms with Gasteiger partial charge in [0.05, 0.1) is 19.1 Å². The zero-order valence-electron chi connectivity index (χ0n) is 13.3. The molecule has 1 aromatic carbocycles. The van der Waals surface area contributed by atoms with E-state index in [4.69, 9.17) is 10.5 Å². The van der Waals surface area contributed by atoms with Crippen molar-refractivity contribution in [2.75, 3.05) is 39.3 Å². The number of benzene rings is 1. The van der Waals surface area contributed by atoms with Crippen LogP contribution in [0.25, 0.3) is 0 Å². The van der Waals surface area contributed by atoms with Gasteiger partial charge < -0.3 is 20.7 Å². The number of hydrogen-bond acceptors (Lipinski definition) is 4. The molecule has 0 saturated carbocycles. The number of nitrogens with zero attached hydrogens (tertiary/aromatic N) is 1. The first-order valence-corrected chi connectivity index (χ1v) is 7.63. The summed E-state index contributed by atoms with van der Waals surface area (Å²) in [6.07, 6.45) is 1.58. The number of hydrogen-bond donors (Lipinski definition) is 2. The van der Waals surface area contributed by atoms with E-state index in [2.05, 4.69) is 17.4 Å². The van der Waals surface area contributed by atoms with E-state index in [0.29, 0.717) is 32.7 Å². The van der Waals surface area contributed by atoms with Crippen LogP contribution in [-0.4, -0.2) is 56.2 Å². The summed E-state index contributed by atoms with van der Waals surface area (Å²) in [4.78, 5) is 14.1. The Morgan fingerprint density at radius 1 is 1.22 bits per heavy atom. The first-order valence-electron chi connectivity index (χ1n) is 7.63. The maximum Gasteiger partial charge on any atom is 0.224 e. The average molecular weight is 364 g/mol. The van der Waals surface area contributed by atoms with Crippen LogP contribution in [0.4, 0.5) is 0 Å². The van der Waals surface area contributed by atoms with Crippen molar-refractivity contribution in [1.29, 1.82) is 0 Å². The van der Waals surface area contributed by atoms with Gasteiger partial charge in [-0.05, 0) is 12.0 Å². The minimum atomic E-state index is 0. The Morgan fingerprint density at radius 2 is 1.91 bits per heavy atom. The highest BCUT2D eigenvalue weighted by atomic mass is 35.5. The second kappa shape index (κ2) is 12.6. The first kappa shape index (κ1) is 22.1. The molecule has 3 N–H and O–H groups in total. The molecule has 1 heterocycles. The Bertz CT molecular complexity index is 431. The van der Waals surface area contributed by atoms with E-state index < -0.39 is 0 Å². The molecule has 0 unspecified atom stereocenters. The molecule has 1 amide bonds. The number of nitrogens with two attached hydrogens (primary N) is 1. The molecule has 0 atom stereocenters. The third-order valence-electron chi connectivity index (χ3n) is 3.68. The van der Waals surface area contributed by atoms with E-state index in [9.17, 15) is 4.79 Å². The van der Waals surface area contributed by atoms with Crippen molar-refractivity contribution in [2.45, 2.75) is 18.9 Å². The first-order chi connectivity index (χ1) is 10.3. The number of ether oxygens (including phenoxy) is 1. The van der Waals surface area contributed by atoms with E-state index >= 15 is 0 Å². The lowest BCUT2D eigenvalue weighted by Crippen LogP contribution is -2.48. The zero-order chi connectivity index (χ0) is 14.9. The zero-order valence-corrected chi connectivity index (χ0v) is 14.9. The SMILES string of the molecule is Cl.Cl.NCCN(CCc1ccccc1)C(=O)CCOC1CNC1. The van der Waals surface area contributed by atoms with Gasteiger partial charge in [-0.1, -0.05) is 30.3 Å². The standard InChI is InChI=1S/C16H25N3O2.2ClH/c17-8-10-19(9-6-14-4-2-1-3-5-14)16(20)7-11-21-15-12-18-13-15;;/h1-5,15,18H,6-13,17H2;2*1H. The summed E-state index contributed by atoms with van der Waals surface area (Å²) in [6.45, 7) is 4.11. The monoisotopic (exact) mass is 363 g/mol. The van der Waals surface area contributed by atoms with Gasteiger partial charge in [0.2, 0.25) is 5.91 Å². The van der Waals surface area contributed by atoms with Gasteiger partial charge in [-0.2, -0.15) is 0 Å². The number of carbonyl (C=O) groups excluding carboxylic acids is 1. The second-order valence-corrected chi connectivity index (χ2v) is 5.31. The van der Waals surface area contributed by atoms with Crippen molar-refractivity contribution in [1.82, 2.24) is 10.2 Å². The molecule has 132 valence electrons. The molecule has 1 aliphatic heterocycles.